The molecule has 1 aliphatic carbocycles. The van der Waals surface area contributed by atoms with Gasteiger partial charge >= 0.3 is 6.03 Å². The van der Waals surface area contributed by atoms with Gasteiger partial charge in [0.1, 0.15) is 0 Å². The number of urea groups is 1. The molecule has 2 amide bonds. The van der Waals surface area contributed by atoms with Crippen LogP contribution in [-0.2, 0) is 4.74 Å². The minimum absolute atomic E-state index is 0.0624. The fourth-order valence-electron chi connectivity index (χ4n) is 4.64. The van der Waals surface area contributed by atoms with Crippen molar-refractivity contribution >= 4 is 6.03 Å². The number of likely N-dealkylation sites (tertiary alicyclic amines) is 1. The Balaban J connectivity index is 1.48. The molecule has 5 heteroatoms. The van der Waals surface area contributed by atoms with E-state index in [9.17, 15) is 4.79 Å². The number of carbonyl (C=O) groups excluding carboxylic acids is 1. The van der Waals surface area contributed by atoms with Crippen molar-refractivity contribution in [3.05, 3.63) is 0 Å². The van der Waals surface area contributed by atoms with Crippen LogP contribution in [0.4, 0.5) is 4.79 Å². The van der Waals surface area contributed by atoms with E-state index in [2.05, 4.69) is 24.3 Å². The minimum atomic E-state index is 0.0624. The van der Waals surface area contributed by atoms with Crippen LogP contribution in [0.3, 0.4) is 0 Å². The smallest absolute Gasteiger partial charge is 0.317 e. The molecule has 3 aliphatic rings. The second kappa shape index (κ2) is 7.39. The first kappa shape index (κ1) is 17.0. The van der Waals surface area contributed by atoms with Crippen LogP contribution in [0, 0.1) is 5.92 Å². The summed E-state index contributed by atoms with van der Waals surface area (Å²) in [6.45, 7) is 3.68. The van der Waals surface area contributed by atoms with Crippen molar-refractivity contribution in [2.24, 2.45) is 5.92 Å². The molecule has 1 N–H and O–H groups in total. The first-order valence-corrected chi connectivity index (χ1v) is 9.40. The fourth-order valence-corrected chi connectivity index (χ4v) is 4.64. The largest absolute Gasteiger partial charge is 0.375 e. The molecule has 0 aromatic rings. The molecule has 132 valence electrons. The van der Waals surface area contributed by atoms with Crippen molar-refractivity contribution in [3.63, 3.8) is 0 Å². The number of hydrogen-bond donors (Lipinski definition) is 1. The normalized spacial score (nSPS) is 30.8. The van der Waals surface area contributed by atoms with E-state index in [-0.39, 0.29) is 11.6 Å². The van der Waals surface area contributed by atoms with E-state index in [1.54, 1.807) is 0 Å². The highest BCUT2D eigenvalue weighted by Crippen LogP contribution is 2.38. The van der Waals surface area contributed by atoms with Crippen molar-refractivity contribution in [1.82, 2.24) is 15.1 Å². The number of hydrogen-bond acceptors (Lipinski definition) is 3. The number of ether oxygens (including phenoxy) is 1. The fraction of sp³-hybridized carbons (Fsp3) is 0.944. The summed E-state index contributed by atoms with van der Waals surface area (Å²) >= 11 is 0. The summed E-state index contributed by atoms with van der Waals surface area (Å²) in [5, 5.41) is 3.30. The molecule has 0 aromatic heterocycles. The van der Waals surface area contributed by atoms with Gasteiger partial charge in [-0.15, -0.1) is 0 Å². The third-order valence-electron chi connectivity index (χ3n) is 5.78. The van der Waals surface area contributed by atoms with E-state index in [0.717, 1.165) is 45.5 Å². The highest BCUT2D eigenvalue weighted by Gasteiger charge is 2.39. The van der Waals surface area contributed by atoms with Gasteiger partial charge in [0, 0.05) is 32.3 Å². The zero-order valence-electron chi connectivity index (χ0n) is 14.9. The van der Waals surface area contributed by atoms with Crippen molar-refractivity contribution in [3.8, 4) is 0 Å². The number of nitrogens with zero attached hydrogens (tertiary/aromatic N) is 2. The molecule has 1 saturated carbocycles. The third kappa shape index (κ3) is 4.38. The van der Waals surface area contributed by atoms with Gasteiger partial charge in [-0.05, 0) is 52.1 Å². The van der Waals surface area contributed by atoms with Crippen LogP contribution in [0.2, 0.25) is 0 Å². The van der Waals surface area contributed by atoms with Gasteiger partial charge < -0.3 is 19.9 Å². The van der Waals surface area contributed by atoms with E-state index in [4.69, 9.17) is 4.74 Å². The molecule has 0 unspecified atom stereocenters. The van der Waals surface area contributed by atoms with Crippen LogP contribution in [0.15, 0.2) is 0 Å². The van der Waals surface area contributed by atoms with E-state index in [0.29, 0.717) is 12.0 Å². The second-order valence-corrected chi connectivity index (χ2v) is 8.09. The summed E-state index contributed by atoms with van der Waals surface area (Å²) in [6, 6.07) is 0.436. The van der Waals surface area contributed by atoms with E-state index in [1.165, 1.54) is 32.1 Å². The maximum atomic E-state index is 12.6. The van der Waals surface area contributed by atoms with Crippen molar-refractivity contribution in [1.29, 1.82) is 0 Å². The second-order valence-electron chi connectivity index (χ2n) is 8.09. The number of rotatable bonds is 3. The van der Waals surface area contributed by atoms with E-state index < -0.39 is 0 Å². The zero-order chi connectivity index (χ0) is 16.3. The number of amides is 2. The van der Waals surface area contributed by atoms with E-state index in [1.807, 2.05) is 4.90 Å². The monoisotopic (exact) mass is 323 g/mol. The molecule has 0 aromatic carbocycles. The molecular weight excluding hydrogens is 290 g/mol. The molecule has 2 atom stereocenters. The van der Waals surface area contributed by atoms with Crippen LogP contribution in [-0.4, -0.2) is 67.8 Å². The van der Waals surface area contributed by atoms with Gasteiger partial charge in [-0.25, -0.2) is 4.79 Å². The van der Waals surface area contributed by atoms with Gasteiger partial charge in [0.05, 0.1) is 5.60 Å². The van der Waals surface area contributed by atoms with Crippen LogP contribution >= 0.6 is 0 Å². The van der Waals surface area contributed by atoms with Gasteiger partial charge in [-0.1, -0.05) is 19.3 Å². The zero-order valence-corrected chi connectivity index (χ0v) is 14.9. The molecule has 3 fully saturated rings. The first-order chi connectivity index (χ1) is 11.1. The molecule has 0 radical (unpaired) electrons. The topological polar surface area (TPSA) is 44.8 Å². The van der Waals surface area contributed by atoms with Gasteiger partial charge in [-0.3, -0.25) is 0 Å². The molecule has 1 spiro atoms. The molecule has 3 rings (SSSR count). The lowest BCUT2D eigenvalue weighted by Crippen LogP contribution is -2.52. The van der Waals surface area contributed by atoms with Crippen LogP contribution < -0.4 is 5.32 Å². The average molecular weight is 323 g/mol. The standard InChI is InChI=1S/C18H33N3O2/c1-20(2)13-15-6-10-21(14-15)17(22)19-16-7-11-23-18(12-16)8-4-3-5-9-18/h15-16H,3-14H2,1-2H3,(H,19,22)/t15-,16+/m0/s1. The molecule has 2 saturated heterocycles. The summed E-state index contributed by atoms with van der Waals surface area (Å²) in [5.74, 6) is 0.620. The molecule has 2 heterocycles. The van der Waals surface area contributed by atoms with E-state index >= 15 is 0 Å². The summed E-state index contributed by atoms with van der Waals surface area (Å²) in [5.41, 5.74) is 0.0624. The maximum absolute atomic E-state index is 12.6. The van der Waals surface area contributed by atoms with Gasteiger partial charge in [-0.2, -0.15) is 0 Å². The van der Waals surface area contributed by atoms with Crippen LogP contribution in [0.25, 0.3) is 0 Å². The summed E-state index contributed by atoms with van der Waals surface area (Å²) in [7, 11) is 4.21. The number of carbonyl (C=O) groups is 1. The van der Waals surface area contributed by atoms with Gasteiger partial charge in [0.2, 0.25) is 0 Å². The Morgan fingerprint density at radius 1 is 1.26 bits per heavy atom. The van der Waals surface area contributed by atoms with Crippen molar-refractivity contribution in [2.75, 3.05) is 40.3 Å². The lowest BCUT2D eigenvalue weighted by Gasteiger charge is -2.43. The molecule has 2 aliphatic heterocycles. The lowest BCUT2D eigenvalue weighted by atomic mass is 9.78. The Morgan fingerprint density at radius 3 is 2.78 bits per heavy atom. The predicted molar refractivity (Wildman–Crippen MR) is 91.6 cm³/mol. The SMILES string of the molecule is CN(C)C[C@@H]1CCN(C(=O)N[C@@H]2CCOC3(CCCCC3)C2)C1. The predicted octanol–water partition coefficient (Wildman–Crippen LogP) is 2.46. The van der Waals surface area contributed by atoms with Crippen LogP contribution in [0.1, 0.15) is 51.4 Å². The Kier molecular flexibility index (Phi) is 5.47. The Morgan fingerprint density at radius 2 is 2.04 bits per heavy atom. The molecular formula is C18H33N3O2. The summed E-state index contributed by atoms with van der Waals surface area (Å²) < 4.78 is 6.13. The highest BCUT2D eigenvalue weighted by atomic mass is 16.5. The minimum Gasteiger partial charge on any atom is -0.375 e. The average Bonchev–Trinajstić information content (AvgIpc) is 2.96. The lowest BCUT2D eigenvalue weighted by molar-refractivity contribution is -0.108. The first-order valence-electron chi connectivity index (χ1n) is 9.40. The quantitative estimate of drug-likeness (QED) is 0.868. The third-order valence-corrected chi connectivity index (χ3v) is 5.78. The van der Waals surface area contributed by atoms with Crippen molar-refractivity contribution in [2.45, 2.75) is 63.0 Å². The maximum Gasteiger partial charge on any atom is 0.317 e. The Labute approximate surface area is 140 Å². The number of nitrogens with one attached hydrogen (secondary N) is 1. The molecule has 0 bridgehead atoms. The van der Waals surface area contributed by atoms with Gasteiger partial charge in [0.25, 0.3) is 0 Å². The molecule has 5 nitrogen and oxygen atoms in total. The summed E-state index contributed by atoms with van der Waals surface area (Å²) in [4.78, 5) is 16.8. The molecule has 23 heavy (non-hydrogen) atoms. The van der Waals surface area contributed by atoms with Gasteiger partial charge in [0.15, 0.2) is 0 Å². The Hall–Kier alpha value is -0.810. The summed E-state index contributed by atoms with van der Waals surface area (Å²) in [6.07, 6.45) is 9.34. The Bertz CT molecular complexity index is 402. The highest BCUT2D eigenvalue weighted by molar-refractivity contribution is 5.74. The van der Waals surface area contributed by atoms with Crippen LogP contribution in [0.5, 0.6) is 0 Å². The van der Waals surface area contributed by atoms with Crippen molar-refractivity contribution < 1.29 is 9.53 Å².